The predicted octanol–water partition coefficient (Wildman–Crippen LogP) is 9.43. The van der Waals surface area contributed by atoms with Crippen molar-refractivity contribution in [3.63, 3.8) is 0 Å². The van der Waals surface area contributed by atoms with Crippen molar-refractivity contribution in [3.8, 4) is 11.5 Å². The molecule has 2 aliphatic rings. The van der Waals surface area contributed by atoms with E-state index in [-0.39, 0.29) is 6.71 Å². The highest BCUT2D eigenvalue weighted by atomic mass is 32.3. The van der Waals surface area contributed by atoms with Crippen LogP contribution >= 0.6 is 10.0 Å². The fourth-order valence-corrected chi connectivity index (χ4v) is 11.6. The molecule has 0 fully saturated rings. The van der Waals surface area contributed by atoms with Crippen LogP contribution in [0.1, 0.15) is 0 Å². The Morgan fingerprint density at radius 2 is 0.848 bits per heavy atom. The second-order valence-corrected chi connectivity index (χ2v) is 14.8. The van der Waals surface area contributed by atoms with Crippen LogP contribution in [0.5, 0.6) is 11.5 Å². The van der Waals surface area contributed by atoms with Crippen LogP contribution in [0.25, 0.3) is 0 Å². The third kappa shape index (κ3) is 4.00. The van der Waals surface area contributed by atoms with Crippen LogP contribution in [-0.4, -0.2) is 6.71 Å². The quantitative estimate of drug-likeness (QED) is 0.185. The monoisotopic (exact) mass is 607 g/mol. The molecular weight excluding hydrogens is 577 g/mol. The predicted molar refractivity (Wildman–Crippen MR) is 192 cm³/mol. The van der Waals surface area contributed by atoms with Gasteiger partial charge in [-0.25, -0.2) is 0 Å². The number of nitrogens with zero attached hydrogens (tertiary/aromatic N) is 1. The maximum absolute atomic E-state index is 6.28. The first kappa shape index (κ1) is 26.9. The van der Waals surface area contributed by atoms with Crippen molar-refractivity contribution in [2.24, 2.45) is 0 Å². The Kier molecular flexibility index (Phi) is 6.36. The molecule has 0 saturated heterocycles. The molecule has 0 saturated carbocycles. The van der Waals surface area contributed by atoms with Crippen molar-refractivity contribution in [1.29, 1.82) is 0 Å². The highest BCUT2D eigenvalue weighted by molar-refractivity contribution is 8.34. The Labute approximate surface area is 272 Å². The molecule has 9 rings (SSSR count). The molecule has 0 amide bonds. The summed E-state index contributed by atoms with van der Waals surface area (Å²) < 4.78 is 6.28. The normalized spacial score (nSPS) is 14.6. The zero-order valence-electron chi connectivity index (χ0n) is 25.2. The SMILES string of the molecule is c1ccc(S2(c3ccccc3)c3ccccc3B(c3ccc(N4c5ccccc5Oc5ccccc54)cc3)c3ccccc32)cc1. The molecule has 0 unspecified atom stereocenters. The van der Waals surface area contributed by atoms with Crippen molar-refractivity contribution in [2.75, 3.05) is 4.90 Å². The fraction of sp³-hybridized carbons (Fsp3) is 0. The lowest BCUT2D eigenvalue weighted by Gasteiger charge is -2.48. The summed E-state index contributed by atoms with van der Waals surface area (Å²) >= 11 is 0. The van der Waals surface area contributed by atoms with E-state index in [2.05, 4.69) is 163 Å². The molecule has 0 radical (unpaired) electrons. The van der Waals surface area contributed by atoms with E-state index in [0.29, 0.717) is 0 Å². The Bertz CT molecular complexity index is 2070. The van der Waals surface area contributed by atoms with Crippen molar-refractivity contribution < 1.29 is 4.74 Å². The van der Waals surface area contributed by atoms with Crippen LogP contribution in [0.2, 0.25) is 0 Å². The lowest BCUT2D eigenvalue weighted by molar-refractivity contribution is 0.477. The van der Waals surface area contributed by atoms with Gasteiger partial charge in [-0.15, -0.1) is 10.0 Å². The molecule has 2 aliphatic heterocycles. The number of ether oxygens (including phenoxy) is 1. The second kappa shape index (κ2) is 10.9. The number of hydrogen-bond acceptors (Lipinski definition) is 2. The van der Waals surface area contributed by atoms with Crippen LogP contribution in [0.3, 0.4) is 0 Å². The number of anilines is 3. The van der Waals surface area contributed by atoms with Gasteiger partial charge in [0.1, 0.15) is 0 Å². The minimum atomic E-state index is -1.73. The average molecular weight is 608 g/mol. The molecule has 0 atom stereocenters. The van der Waals surface area contributed by atoms with E-state index < -0.39 is 10.0 Å². The van der Waals surface area contributed by atoms with Gasteiger partial charge in [-0.3, -0.25) is 0 Å². The van der Waals surface area contributed by atoms with Gasteiger partial charge in [0.15, 0.2) is 11.5 Å². The van der Waals surface area contributed by atoms with Crippen molar-refractivity contribution >= 4 is 50.2 Å². The van der Waals surface area contributed by atoms with Crippen molar-refractivity contribution in [3.05, 3.63) is 182 Å². The maximum Gasteiger partial charge on any atom is 0.244 e. The van der Waals surface area contributed by atoms with Gasteiger partial charge in [0.2, 0.25) is 6.71 Å². The highest BCUT2D eigenvalue weighted by Crippen LogP contribution is 2.73. The first-order chi connectivity index (χ1) is 22.8. The van der Waals surface area contributed by atoms with E-state index in [9.17, 15) is 0 Å². The highest BCUT2D eigenvalue weighted by Gasteiger charge is 2.44. The lowest BCUT2D eigenvalue weighted by atomic mass is 9.36. The summed E-state index contributed by atoms with van der Waals surface area (Å²) in [6, 6.07) is 66.3. The van der Waals surface area contributed by atoms with Gasteiger partial charge in [-0.2, -0.15) is 0 Å². The number of fused-ring (bicyclic) bond motifs is 4. The zero-order valence-corrected chi connectivity index (χ0v) is 26.0. The number of hydrogen-bond donors (Lipinski definition) is 0. The molecule has 0 aromatic heterocycles. The first-order valence-corrected chi connectivity index (χ1v) is 17.3. The lowest BCUT2D eigenvalue weighted by Crippen LogP contribution is -2.56. The molecule has 218 valence electrons. The van der Waals surface area contributed by atoms with Gasteiger partial charge in [0.25, 0.3) is 0 Å². The maximum atomic E-state index is 6.28. The summed E-state index contributed by atoms with van der Waals surface area (Å²) in [5.41, 5.74) is 7.23. The van der Waals surface area contributed by atoms with E-state index >= 15 is 0 Å². The molecule has 0 bridgehead atoms. The van der Waals surface area contributed by atoms with Gasteiger partial charge >= 0.3 is 0 Å². The molecule has 2 nitrogen and oxygen atoms in total. The Hall–Kier alpha value is -5.45. The van der Waals surface area contributed by atoms with Gasteiger partial charge in [-0.05, 0) is 82.6 Å². The van der Waals surface area contributed by atoms with Crippen molar-refractivity contribution in [2.45, 2.75) is 19.6 Å². The Balaban J connectivity index is 1.23. The molecule has 7 aromatic rings. The Morgan fingerprint density at radius 3 is 1.37 bits per heavy atom. The second-order valence-electron chi connectivity index (χ2n) is 11.7. The summed E-state index contributed by atoms with van der Waals surface area (Å²) in [7, 11) is -1.73. The zero-order chi connectivity index (χ0) is 30.5. The Morgan fingerprint density at radius 1 is 0.413 bits per heavy atom. The topological polar surface area (TPSA) is 12.5 Å². The minimum Gasteiger partial charge on any atom is -0.453 e. The third-order valence-corrected chi connectivity index (χ3v) is 13.3. The van der Waals surface area contributed by atoms with E-state index in [0.717, 1.165) is 28.6 Å². The van der Waals surface area contributed by atoms with Gasteiger partial charge in [0, 0.05) is 15.5 Å². The largest absolute Gasteiger partial charge is 0.453 e. The van der Waals surface area contributed by atoms with Crippen molar-refractivity contribution in [1.82, 2.24) is 0 Å². The molecule has 46 heavy (non-hydrogen) atoms. The van der Waals surface area contributed by atoms with Crippen LogP contribution in [0.15, 0.2) is 202 Å². The van der Waals surface area contributed by atoms with E-state index in [1.165, 1.54) is 36.0 Å². The minimum absolute atomic E-state index is 0.110. The van der Waals surface area contributed by atoms with E-state index in [1.54, 1.807) is 0 Å². The standard InChI is InChI=1S/C42H30BNOS/c1-3-15-33(16-4-1)46(34-17-5-2-6-18-34)41-25-13-7-19-35(41)43(36-20-8-14-26-42(36)46)31-27-29-32(30-28-31)44-37-21-9-11-23-39(37)45-40-24-12-10-22-38(40)44/h1-30H. The molecular formula is C42H30BNOS. The van der Waals surface area contributed by atoms with E-state index in [4.69, 9.17) is 4.74 Å². The third-order valence-electron chi connectivity index (χ3n) is 9.23. The summed E-state index contributed by atoms with van der Waals surface area (Å²) in [4.78, 5) is 7.85. The summed E-state index contributed by atoms with van der Waals surface area (Å²) in [6.45, 7) is 0.110. The molecule has 0 aliphatic carbocycles. The number of rotatable bonds is 4. The number of para-hydroxylation sites is 4. The van der Waals surface area contributed by atoms with Gasteiger partial charge < -0.3 is 9.64 Å². The molecule has 0 N–H and O–H groups in total. The number of benzene rings is 7. The summed E-state index contributed by atoms with van der Waals surface area (Å²) in [5, 5.41) is 0. The van der Waals surface area contributed by atoms with Gasteiger partial charge in [0.05, 0.1) is 11.4 Å². The first-order valence-electron chi connectivity index (χ1n) is 15.7. The molecule has 4 heteroatoms. The fourth-order valence-electron chi connectivity index (χ4n) is 7.33. The van der Waals surface area contributed by atoms with Crippen LogP contribution < -0.4 is 26.0 Å². The smallest absolute Gasteiger partial charge is 0.244 e. The van der Waals surface area contributed by atoms with Crippen LogP contribution in [-0.2, 0) is 0 Å². The van der Waals surface area contributed by atoms with Crippen LogP contribution in [0.4, 0.5) is 17.1 Å². The molecule has 0 spiro atoms. The summed E-state index contributed by atoms with van der Waals surface area (Å²) in [5.74, 6) is 1.73. The summed E-state index contributed by atoms with van der Waals surface area (Å²) in [6.07, 6.45) is 0. The molecule has 7 aromatic carbocycles. The van der Waals surface area contributed by atoms with Crippen LogP contribution in [0, 0.1) is 0 Å². The average Bonchev–Trinajstić information content (AvgIpc) is 3.14. The van der Waals surface area contributed by atoms with E-state index in [1.807, 2.05) is 24.3 Å². The molecule has 2 heterocycles. The van der Waals surface area contributed by atoms with Gasteiger partial charge in [-0.1, -0.05) is 126 Å².